The summed E-state index contributed by atoms with van der Waals surface area (Å²) in [5, 5.41) is 0. The molecule has 0 atom stereocenters. The lowest BCUT2D eigenvalue weighted by Gasteiger charge is -2.36. The molecule has 0 bridgehead atoms. The lowest BCUT2D eigenvalue weighted by Crippen LogP contribution is -2.50. The Balaban J connectivity index is 2.17. The van der Waals surface area contributed by atoms with Gasteiger partial charge in [-0.3, -0.25) is 4.90 Å². The van der Waals surface area contributed by atoms with Crippen LogP contribution in [0.25, 0.3) is 0 Å². The zero-order chi connectivity index (χ0) is 15.6. The summed E-state index contributed by atoms with van der Waals surface area (Å²) in [5.74, 6) is 0. The molecule has 0 unspecified atom stereocenters. The van der Waals surface area contributed by atoms with Gasteiger partial charge in [-0.25, -0.2) is 8.42 Å². The van der Waals surface area contributed by atoms with Gasteiger partial charge in [-0.2, -0.15) is 4.31 Å². The second-order valence-electron chi connectivity index (χ2n) is 5.69. The number of piperazine rings is 1. The normalized spacial score (nSPS) is 18.5. The van der Waals surface area contributed by atoms with E-state index in [1.54, 1.807) is 16.6 Å². The van der Waals surface area contributed by atoms with Crippen molar-refractivity contribution in [2.75, 3.05) is 26.2 Å². The van der Waals surface area contributed by atoms with Crippen molar-refractivity contribution in [1.29, 1.82) is 0 Å². The van der Waals surface area contributed by atoms with Gasteiger partial charge in [0.25, 0.3) is 0 Å². The molecule has 1 aliphatic rings. The Labute approximate surface area is 127 Å². The van der Waals surface area contributed by atoms with E-state index < -0.39 is 10.0 Å². The maximum atomic E-state index is 12.7. The predicted octanol–water partition coefficient (Wildman–Crippen LogP) is 0.681. The molecule has 0 aliphatic carbocycles. The minimum Gasteiger partial charge on any atom is -0.349 e. The first-order chi connectivity index (χ1) is 9.90. The highest BCUT2D eigenvalue weighted by Gasteiger charge is 2.30. The van der Waals surface area contributed by atoms with Crippen molar-refractivity contribution in [2.45, 2.75) is 44.8 Å². The van der Waals surface area contributed by atoms with Crippen LogP contribution < -0.4 is 5.73 Å². The fourth-order valence-corrected chi connectivity index (χ4v) is 4.23. The topological polar surface area (TPSA) is 71.6 Å². The molecule has 0 saturated carbocycles. The molecule has 2 N–H and O–H groups in total. The molecular formula is C14H26N4O2S. The van der Waals surface area contributed by atoms with Crippen LogP contribution in [0.5, 0.6) is 0 Å². The monoisotopic (exact) mass is 314 g/mol. The summed E-state index contributed by atoms with van der Waals surface area (Å²) in [7, 11) is -3.40. The van der Waals surface area contributed by atoms with Crippen molar-refractivity contribution in [2.24, 2.45) is 5.73 Å². The number of nitrogens with two attached hydrogens (primary N) is 1. The third-order valence-corrected chi connectivity index (χ3v) is 6.02. The van der Waals surface area contributed by atoms with Gasteiger partial charge >= 0.3 is 0 Å². The van der Waals surface area contributed by atoms with Crippen LogP contribution in [-0.4, -0.2) is 54.4 Å². The summed E-state index contributed by atoms with van der Waals surface area (Å²) in [5.41, 5.74) is 6.54. The van der Waals surface area contributed by atoms with E-state index in [-0.39, 0.29) is 0 Å². The van der Waals surface area contributed by atoms with Crippen molar-refractivity contribution in [3.8, 4) is 0 Å². The van der Waals surface area contributed by atoms with Gasteiger partial charge in [-0.05, 0) is 26.8 Å². The molecule has 1 aromatic heterocycles. The summed E-state index contributed by atoms with van der Waals surface area (Å²) >= 11 is 0. The van der Waals surface area contributed by atoms with Crippen LogP contribution in [0.15, 0.2) is 17.2 Å². The molecule has 120 valence electrons. The fourth-order valence-electron chi connectivity index (χ4n) is 2.74. The third-order valence-electron chi connectivity index (χ3n) is 4.15. The van der Waals surface area contributed by atoms with Crippen molar-refractivity contribution in [3.63, 3.8) is 0 Å². The van der Waals surface area contributed by atoms with Gasteiger partial charge in [0.15, 0.2) is 0 Å². The van der Waals surface area contributed by atoms with Crippen LogP contribution in [0.1, 0.15) is 26.5 Å². The van der Waals surface area contributed by atoms with Crippen LogP contribution in [0, 0.1) is 0 Å². The molecule has 0 spiro atoms. The second-order valence-corrected chi connectivity index (χ2v) is 7.63. The van der Waals surface area contributed by atoms with E-state index in [4.69, 9.17) is 5.73 Å². The average molecular weight is 314 g/mol. The molecule has 0 aromatic carbocycles. The van der Waals surface area contributed by atoms with E-state index in [1.165, 1.54) is 0 Å². The van der Waals surface area contributed by atoms with E-state index in [0.29, 0.717) is 30.6 Å². The van der Waals surface area contributed by atoms with Gasteiger partial charge in [0.1, 0.15) is 4.90 Å². The second kappa shape index (κ2) is 6.48. The molecule has 7 heteroatoms. The maximum absolute atomic E-state index is 12.7. The number of aryl methyl sites for hydroxylation is 1. The van der Waals surface area contributed by atoms with E-state index in [2.05, 4.69) is 18.7 Å². The Hall–Kier alpha value is -0.890. The first-order valence-corrected chi connectivity index (χ1v) is 8.97. The Kier molecular flexibility index (Phi) is 5.08. The van der Waals surface area contributed by atoms with Gasteiger partial charge in [0.05, 0.1) is 0 Å². The lowest BCUT2D eigenvalue weighted by atomic mass is 10.3. The average Bonchev–Trinajstić information content (AvgIpc) is 2.91. The lowest BCUT2D eigenvalue weighted by molar-refractivity contribution is 0.154. The molecule has 6 nitrogen and oxygen atoms in total. The number of hydrogen-bond acceptors (Lipinski definition) is 4. The minimum atomic E-state index is -3.40. The number of sulfonamides is 1. The molecule has 21 heavy (non-hydrogen) atoms. The number of hydrogen-bond donors (Lipinski definition) is 1. The minimum absolute atomic E-state index is 0.352. The first kappa shape index (κ1) is 16.5. The highest BCUT2D eigenvalue weighted by atomic mass is 32.2. The van der Waals surface area contributed by atoms with Crippen molar-refractivity contribution < 1.29 is 8.42 Å². The molecule has 0 radical (unpaired) electrons. The largest absolute Gasteiger partial charge is 0.349 e. The van der Waals surface area contributed by atoms with Crippen LogP contribution in [0.4, 0.5) is 0 Å². The zero-order valence-corrected chi connectivity index (χ0v) is 13.9. The zero-order valence-electron chi connectivity index (χ0n) is 13.1. The summed E-state index contributed by atoms with van der Waals surface area (Å²) in [6.45, 7) is 10.0. The highest BCUT2D eigenvalue weighted by Crippen LogP contribution is 2.21. The number of aromatic nitrogens is 1. The Bertz CT molecular complexity index is 550. The van der Waals surface area contributed by atoms with Gasteiger partial charge < -0.3 is 10.3 Å². The van der Waals surface area contributed by atoms with Crippen LogP contribution in [0.3, 0.4) is 0 Å². The number of rotatable bonds is 5. The van der Waals surface area contributed by atoms with E-state index in [0.717, 1.165) is 25.3 Å². The van der Waals surface area contributed by atoms with Gasteiger partial charge in [-0.1, -0.05) is 0 Å². The molecule has 1 fully saturated rings. The summed E-state index contributed by atoms with van der Waals surface area (Å²) in [4.78, 5) is 2.66. The molecular weight excluding hydrogens is 288 g/mol. The van der Waals surface area contributed by atoms with Gasteiger partial charge in [-0.15, -0.1) is 0 Å². The van der Waals surface area contributed by atoms with Crippen LogP contribution in [-0.2, 0) is 23.1 Å². The van der Waals surface area contributed by atoms with Crippen molar-refractivity contribution in [3.05, 3.63) is 18.0 Å². The highest BCUT2D eigenvalue weighted by molar-refractivity contribution is 7.89. The summed E-state index contributed by atoms with van der Waals surface area (Å²) in [6, 6.07) is 2.16. The Morgan fingerprint density at radius 2 is 1.86 bits per heavy atom. The van der Waals surface area contributed by atoms with Gasteiger partial charge in [0, 0.05) is 57.2 Å². The SMILES string of the molecule is CCn1cc(S(=O)(=O)N2CCN(C(C)C)CC2)cc1CN. The number of nitrogens with zero attached hydrogens (tertiary/aromatic N) is 3. The summed E-state index contributed by atoms with van der Waals surface area (Å²) < 4.78 is 28.9. The molecule has 1 aromatic rings. The predicted molar refractivity (Wildman–Crippen MR) is 83.5 cm³/mol. The van der Waals surface area contributed by atoms with E-state index in [9.17, 15) is 8.42 Å². The Morgan fingerprint density at radius 3 is 2.29 bits per heavy atom. The molecule has 1 aliphatic heterocycles. The van der Waals surface area contributed by atoms with Crippen molar-refractivity contribution >= 4 is 10.0 Å². The standard InChI is InChI=1S/C14H26N4O2S/c1-4-16-11-14(9-13(16)10-15)21(19,20)18-7-5-17(6-8-18)12(2)3/h9,11-12H,4-8,10,15H2,1-3H3. The Morgan fingerprint density at radius 1 is 1.24 bits per heavy atom. The molecule has 2 rings (SSSR count). The van der Waals surface area contributed by atoms with Gasteiger partial charge in [0.2, 0.25) is 10.0 Å². The molecule has 0 amide bonds. The van der Waals surface area contributed by atoms with Crippen LogP contribution >= 0.6 is 0 Å². The molecule has 1 saturated heterocycles. The first-order valence-electron chi connectivity index (χ1n) is 7.53. The fraction of sp³-hybridized carbons (Fsp3) is 0.714. The van der Waals surface area contributed by atoms with Crippen molar-refractivity contribution in [1.82, 2.24) is 13.8 Å². The smallest absolute Gasteiger partial charge is 0.244 e. The van der Waals surface area contributed by atoms with E-state index in [1.807, 2.05) is 11.5 Å². The quantitative estimate of drug-likeness (QED) is 0.867. The summed E-state index contributed by atoms with van der Waals surface area (Å²) in [6.07, 6.45) is 1.70. The third kappa shape index (κ3) is 3.31. The maximum Gasteiger partial charge on any atom is 0.244 e. The van der Waals surface area contributed by atoms with Crippen LogP contribution in [0.2, 0.25) is 0 Å². The molecule has 2 heterocycles. The van der Waals surface area contributed by atoms with E-state index >= 15 is 0 Å².